The molecule has 0 aliphatic rings. The van der Waals surface area contributed by atoms with Gasteiger partial charge in [-0.05, 0) is 0 Å². The normalized spacial score (nSPS) is 7.22. The van der Waals surface area contributed by atoms with Crippen LogP contribution in [0.2, 0.25) is 13.0 Å². The third-order valence-electron chi connectivity index (χ3n) is 1.71. The topological polar surface area (TPSA) is 0 Å². The quantitative estimate of drug-likeness (QED) is 0.245. The van der Waals surface area contributed by atoms with Crippen LogP contribution in [0.4, 0.5) is 0 Å². The highest BCUT2D eigenvalue weighted by Crippen LogP contribution is 1.69. The first-order valence-corrected chi connectivity index (χ1v) is 4.41. The second kappa shape index (κ2) is 8.45. The van der Waals surface area contributed by atoms with Crippen molar-refractivity contribution in [2.24, 2.45) is 0 Å². The highest BCUT2D eigenvalue weighted by molar-refractivity contribution is 7.57. The van der Waals surface area contributed by atoms with E-state index in [4.69, 9.17) is 0 Å². The molecule has 0 heterocycles. The summed E-state index contributed by atoms with van der Waals surface area (Å²) in [5.41, 5.74) is 0. The van der Waals surface area contributed by atoms with Crippen molar-refractivity contribution >= 4 is 50.4 Å². The predicted octanol–water partition coefficient (Wildman–Crippen LogP) is -3.76. The van der Waals surface area contributed by atoms with Crippen molar-refractivity contribution in [1.29, 1.82) is 0 Å². The van der Waals surface area contributed by atoms with Crippen molar-refractivity contribution < 1.29 is 0 Å². The molecule has 0 bridgehead atoms. The van der Waals surface area contributed by atoms with Crippen LogP contribution in [0.25, 0.3) is 0 Å². The third-order valence-corrected chi connectivity index (χ3v) is 1.71. The average Bonchev–Trinajstić information content (AvgIpc) is 1.89. The minimum Gasteiger partial charge on any atom is -0.108 e. The Morgan fingerprint density at radius 2 is 2.00 bits per heavy atom. The second-order valence-electron chi connectivity index (χ2n) is 2.77. The number of hydrogen-bond acceptors (Lipinski definition) is 0. The fourth-order valence-corrected chi connectivity index (χ4v) is 1.03. The van der Waals surface area contributed by atoms with Crippen LogP contribution in [0, 0.1) is 0 Å². The van der Waals surface area contributed by atoms with Crippen LogP contribution in [0.1, 0.15) is 0 Å². The zero-order valence-electron chi connectivity index (χ0n) is 6.95. The van der Waals surface area contributed by atoms with Crippen molar-refractivity contribution in [3.63, 3.8) is 0 Å². The Labute approximate surface area is 64.1 Å². The van der Waals surface area contributed by atoms with E-state index < -0.39 is 0 Å². The van der Waals surface area contributed by atoms with Gasteiger partial charge in [0.25, 0.3) is 0 Å². The molecule has 0 N–H and O–H groups in total. The zero-order chi connectivity index (χ0) is 6.95. The van der Waals surface area contributed by atoms with Gasteiger partial charge in [0.1, 0.15) is 7.28 Å². The van der Waals surface area contributed by atoms with Crippen molar-refractivity contribution in [2.45, 2.75) is 13.0 Å². The predicted molar refractivity (Wildman–Crippen MR) is 62.1 cm³/mol. The van der Waals surface area contributed by atoms with Crippen LogP contribution >= 0.6 is 0 Å². The van der Waals surface area contributed by atoms with Crippen LogP contribution in [-0.4, -0.2) is 50.4 Å². The highest BCUT2D eigenvalue weighted by atomic mass is 13.2. The van der Waals surface area contributed by atoms with Crippen molar-refractivity contribution in [2.75, 3.05) is 0 Å². The maximum absolute atomic E-state index is 2.26. The van der Waals surface area contributed by atoms with Crippen LogP contribution in [0.3, 0.4) is 0 Å². The average molecular weight is 113 g/mol. The fraction of sp³-hybridized carbons (Fsp3) is 1.00. The third kappa shape index (κ3) is 8.45. The minimum absolute atomic E-state index is 1.37. The lowest BCUT2D eigenvalue weighted by molar-refractivity contribution is 1.98. The molecule has 0 aliphatic heterocycles. The summed E-state index contributed by atoms with van der Waals surface area (Å²) in [6, 6.07) is 0. The summed E-state index contributed by atoms with van der Waals surface area (Å²) in [6.45, 7) is 2.26. The van der Waals surface area contributed by atoms with Crippen molar-refractivity contribution in [1.82, 2.24) is 0 Å². The van der Waals surface area contributed by atoms with Crippen LogP contribution in [0.15, 0.2) is 0 Å². The maximum atomic E-state index is 2.26. The molecule has 9 heavy (non-hydrogen) atoms. The van der Waals surface area contributed by atoms with E-state index in [1.54, 1.807) is 0 Å². The van der Waals surface area contributed by atoms with E-state index in [-0.39, 0.29) is 0 Å². The van der Waals surface area contributed by atoms with Gasteiger partial charge in [0.2, 0.25) is 0 Å². The molecule has 0 nitrogen and oxygen atoms in total. The highest BCUT2D eigenvalue weighted by Gasteiger charge is 1.94. The van der Waals surface area contributed by atoms with Crippen LogP contribution < -0.4 is 0 Å². The first-order valence-electron chi connectivity index (χ1n) is 4.41. The van der Waals surface area contributed by atoms with E-state index in [9.17, 15) is 0 Å². The molecule has 0 spiro atoms. The van der Waals surface area contributed by atoms with Crippen LogP contribution in [0.5, 0.6) is 0 Å². The monoisotopic (exact) mass is 114 g/mol. The molecule has 0 aliphatic carbocycles. The smallest absolute Gasteiger partial charge is 0.108 e. The summed E-state index contributed by atoms with van der Waals surface area (Å²) in [5, 5.41) is 0. The van der Waals surface area contributed by atoms with E-state index in [2.05, 4.69) is 14.6 Å². The van der Waals surface area contributed by atoms with Gasteiger partial charge in [0.15, 0.2) is 0 Å². The summed E-state index contributed by atoms with van der Waals surface area (Å²) < 4.78 is 0. The van der Waals surface area contributed by atoms with Gasteiger partial charge in [-0.3, -0.25) is 0 Å². The molecular formula is C2H13B7. The Hall–Kier alpha value is 0.455. The summed E-state index contributed by atoms with van der Waals surface area (Å²) in [4.78, 5) is 0. The Morgan fingerprint density at radius 1 is 1.22 bits per heavy atom. The van der Waals surface area contributed by atoms with E-state index in [0.29, 0.717) is 0 Å². The summed E-state index contributed by atoms with van der Waals surface area (Å²) in [6.07, 6.45) is 1.43. The van der Waals surface area contributed by atoms with Gasteiger partial charge in [0, 0.05) is 28.2 Å². The van der Waals surface area contributed by atoms with Crippen molar-refractivity contribution in [3.8, 4) is 0 Å². The molecule has 0 aromatic carbocycles. The molecule has 0 saturated heterocycles. The molecule has 0 atom stereocenters. The van der Waals surface area contributed by atoms with Crippen LogP contribution in [-0.2, 0) is 0 Å². The first-order chi connectivity index (χ1) is 4.41. The number of hydrogen-bond donors (Lipinski definition) is 0. The van der Waals surface area contributed by atoms with Crippen molar-refractivity contribution in [3.05, 3.63) is 0 Å². The molecule has 0 unspecified atom stereocenters. The molecule has 0 aromatic rings. The summed E-state index contributed by atoms with van der Waals surface area (Å²) >= 11 is 0. The van der Waals surface area contributed by atoms with Gasteiger partial charge >= 0.3 is 0 Å². The molecule has 0 rings (SSSR count). The van der Waals surface area contributed by atoms with Gasteiger partial charge in [-0.15, -0.1) is 6.22 Å². The number of rotatable bonds is 6. The fourth-order valence-electron chi connectivity index (χ4n) is 1.03. The Morgan fingerprint density at radius 3 is 2.56 bits per heavy atom. The SMILES string of the molecule is BBBBBBCBC. The minimum atomic E-state index is 1.37. The molecule has 0 saturated carbocycles. The Kier molecular flexibility index (Phi) is 8.88. The first kappa shape index (κ1) is 9.45. The van der Waals surface area contributed by atoms with E-state index in [0.717, 1.165) is 0 Å². The summed E-state index contributed by atoms with van der Waals surface area (Å²) in [5.74, 6) is 0. The van der Waals surface area contributed by atoms with Gasteiger partial charge in [-0.1, -0.05) is 6.82 Å². The Balaban J connectivity index is 2.60. The van der Waals surface area contributed by atoms with E-state index in [1.165, 1.54) is 48.9 Å². The molecule has 0 fully saturated rings. The molecule has 42 valence electrons. The Bertz CT molecular complexity index is 40.2. The molecule has 0 aromatic heterocycles. The van der Waals surface area contributed by atoms with Gasteiger partial charge in [0.05, 0.1) is 14.9 Å². The van der Waals surface area contributed by atoms with Gasteiger partial charge in [-0.25, -0.2) is 0 Å². The lowest BCUT2D eigenvalue weighted by Gasteiger charge is -1.87. The molecule has 0 radical (unpaired) electrons. The molecule has 7 heteroatoms. The largest absolute Gasteiger partial charge is 0.109 e. The lowest BCUT2D eigenvalue weighted by Crippen LogP contribution is -2.23. The zero-order valence-corrected chi connectivity index (χ0v) is 6.95. The molecular weight excluding hydrogens is 99.7 g/mol. The second-order valence-corrected chi connectivity index (χ2v) is 2.77. The van der Waals surface area contributed by atoms with E-state index >= 15 is 0 Å². The lowest BCUT2D eigenvalue weighted by atomic mass is 8.98. The standard InChI is InChI=1S/C2H13B7/c1-4-2-5-7-9-8-6-3/h4-9H,2-3H2,1H3. The van der Waals surface area contributed by atoms with Gasteiger partial charge < -0.3 is 0 Å². The summed E-state index contributed by atoms with van der Waals surface area (Å²) in [7, 11) is 10.8. The van der Waals surface area contributed by atoms with E-state index in [1.807, 2.05) is 0 Å². The maximum Gasteiger partial charge on any atom is 0.109 e. The molecule has 0 amide bonds. The van der Waals surface area contributed by atoms with Gasteiger partial charge in [-0.2, -0.15) is 0 Å².